The standard InChI is InChI=1S/C13H18O/c1-12(2)11-14-10-6-9-13-7-4-3-5-8-13/h3-9,12H,10-11H2,1-2H3. The zero-order valence-corrected chi connectivity index (χ0v) is 8.94. The molecule has 0 N–H and O–H groups in total. The van der Waals surface area contributed by atoms with Crippen molar-refractivity contribution in [1.82, 2.24) is 0 Å². The highest BCUT2D eigenvalue weighted by molar-refractivity contribution is 5.48. The monoisotopic (exact) mass is 190 g/mol. The molecular formula is C13H18O. The van der Waals surface area contributed by atoms with Crippen LogP contribution in [0.2, 0.25) is 0 Å². The van der Waals surface area contributed by atoms with Gasteiger partial charge in [0.15, 0.2) is 0 Å². The highest BCUT2D eigenvalue weighted by Crippen LogP contribution is 2.00. The first-order valence-corrected chi connectivity index (χ1v) is 5.08. The quantitative estimate of drug-likeness (QED) is 0.647. The van der Waals surface area contributed by atoms with Gasteiger partial charge in [-0.05, 0) is 11.5 Å². The first-order valence-electron chi connectivity index (χ1n) is 5.08. The molecule has 0 amide bonds. The van der Waals surface area contributed by atoms with Gasteiger partial charge in [0.1, 0.15) is 0 Å². The normalized spacial score (nSPS) is 11.4. The lowest BCUT2D eigenvalue weighted by atomic mass is 10.2. The molecule has 1 aromatic rings. The number of ether oxygens (including phenoxy) is 1. The minimum atomic E-state index is 0.611. The van der Waals surface area contributed by atoms with Gasteiger partial charge in [0.05, 0.1) is 6.61 Å². The van der Waals surface area contributed by atoms with Crippen LogP contribution in [0, 0.1) is 5.92 Å². The van der Waals surface area contributed by atoms with Crippen LogP contribution >= 0.6 is 0 Å². The third-order valence-electron chi connectivity index (χ3n) is 1.78. The van der Waals surface area contributed by atoms with Crippen molar-refractivity contribution in [3.63, 3.8) is 0 Å². The van der Waals surface area contributed by atoms with Crippen molar-refractivity contribution in [2.75, 3.05) is 13.2 Å². The predicted molar refractivity (Wildman–Crippen MR) is 61.1 cm³/mol. The summed E-state index contributed by atoms with van der Waals surface area (Å²) in [6.07, 6.45) is 4.14. The Kier molecular flexibility index (Phi) is 5.02. The van der Waals surface area contributed by atoms with E-state index < -0.39 is 0 Å². The van der Waals surface area contributed by atoms with Crippen molar-refractivity contribution >= 4 is 6.08 Å². The predicted octanol–water partition coefficient (Wildman–Crippen LogP) is 3.37. The molecule has 0 radical (unpaired) electrons. The summed E-state index contributed by atoms with van der Waals surface area (Å²) in [5, 5.41) is 0. The Bertz CT molecular complexity index is 262. The van der Waals surface area contributed by atoms with Crippen molar-refractivity contribution in [3.8, 4) is 0 Å². The largest absolute Gasteiger partial charge is 0.377 e. The van der Waals surface area contributed by atoms with Crippen LogP contribution in [0.4, 0.5) is 0 Å². The van der Waals surface area contributed by atoms with E-state index >= 15 is 0 Å². The summed E-state index contributed by atoms with van der Waals surface area (Å²) < 4.78 is 5.43. The molecule has 0 spiro atoms. The number of hydrogen-bond donors (Lipinski definition) is 0. The molecule has 0 aromatic heterocycles. The number of rotatable bonds is 5. The summed E-state index contributed by atoms with van der Waals surface area (Å²) in [4.78, 5) is 0. The van der Waals surface area contributed by atoms with Crippen LogP contribution in [0.1, 0.15) is 19.4 Å². The van der Waals surface area contributed by atoms with Crippen LogP contribution in [0.25, 0.3) is 6.08 Å². The van der Waals surface area contributed by atoms with Crippen LogP contribution in [-0.2, 0) is 4.74 Å². The fraction of sp³-hybridized carbons (Fsp3) is 0.385. The average Bonchev–Trinajstić information content (AvgIpc) is 2.18. The maximum absolute atomic E-state index is 5.43. The summed E-state index contributed by atoms with van der Waals surface area (Å²) in [6, 6.07) is 10.3. The molecule has 1 aromatic carbocycles. The van der Waals surface area contributed by atoms with Crippen LogP contribution in [0.5, 0.6) is 0 Å². The SMILES string of the molecule is CC(C)COCC=Cc1ccccc1. The van der Waals surface area contributed by atoms with Gasteiger partial charge in [-0.25, -0.2) is 0 Å². The Hall–Kier alpha value is -1.08. The van der Waals surface area contributed by atoms with Gasteiger partial charge in [0.25, 0.3) is 0 Å². The van der Waals surface area contributed by atoms with E-state index in [4.69, 9.17) is 4.74 Å². The Balaban J connectivity index is 2.21. The fourth-order valence-electron chi connectivity index (χ4n) is 1.12. The summed E-state index contributed by atoms with van der Waals surface area (Å²) >= 11 is 0. The zero-order chi connectivity index (χ0) is 10.2. The molecule has 0 fully saturated rings. The molecule has 14 heavy (non-hydrogen) atoms. The highest BCUT2D eigenvalue weighted by Gasteiger charge is 1.90. The topological polar surface area (TPSA) is 9.23 Å². The van der Waals surface area contributed by atoms with E-state index in [2.05, 4.69) is 38.1 Å². The first kappa shape index (κ1) is 11.0. The minimum absolute atomic E-state index is 0.611. The van der Waals surface area contributed by atoms with Crippen LogP contribution in [0.3, 0.4) is 0 Å². The van der Waals surface area contributed by atoms with Crippen LogP contribution in [0.15, 0.2) is 36.4 Å². The molecule has 1 nitrogen and oxygen atoms in total. The van der Waals surface area contributed by atoms with Crippen LogP contribution in [-0.4, -0.2) is 13.2 Å². The van der Waals surface area contributed by atoms with Crippen molar-refractivity contribution in [1.29, 1.82) is 0 Å². The third kappa shape index (κ3) is 4.83. The lowest BCUT2D eigenvalue weighted by Gasteiger charge is -2.02. The number of hydrogen-bond acceptors (Lipinski definition) is 1. The second-order valence-electron chi connectivity index (χ2n) is 3.74. The molecule has 0 heterocycles. The van der Waals surface area contributed by atoms with Gasteiger partial charge in [0.2, 0.25) is 0 Å². The first-order chi connectivity index (χ1) is 6.79. The van der Waals surface area contributed by atoms with Crippen molar-refractivity contribution in [2.45, 2.75) is 13.8 Å². The zero-order valence-electron chi connectivity index (χ0n) is 8.94. The summed E-state index contributed by atoms with van der Waals surface area (Å²) in [6.45, 7) is 5.84. The second kappa shape index (κ2) is 6.39. The molecule has 0 aliphatic carbocycles. The maximum atomic E-state index is 5.43. The molecule has 1 heteroatoms. The van der Waals surface area contributed by atoms with Crippen molar-refractivity contribution < 1.29 is 4.74 Å². The van der Waals surface area contributed by atoms with Gasteiger partial charge in [-0.1, -0.05) is 56.3 Å². The minimum Gasteiger partial charge on any atom is -0.377 e. The van der Waals surface area contributed by atoms with Gasteiger partial charge in [-0.3, -0.25) is 0 Å². The van der Waals surface area contributed by atoms with Gasteiger partial charge in [-0.2, -0.15) is 0 Å². The van der Waals surface area contributed by atoms with Gasteiger partial charge >= 0.3 is 0 Å². The third-order valence-corrected chi connectivity index (χ3v) is 1.78. The van der Waals surface area contributed by atoms with E-state index in [0.29, 0.717) is 12.5 Å². The van der Waals surface area contributed by atoms with Crippen LogP contribution < -0.4 is 0 Å². The Morgan fingerprint density at radius 1 is 1.21 bits per heavy atom. The Morgan fingerprint density at radius 2 is 1.93 bits per heavy atom. The van der Waals surface area contributed by atoms with E-state index in [1.807, 2.05) is 18.2 Å². The fourth-order valence-corrected chi connectivity index (χ4v) is 1.12. The lowest BCUT2D eigenvalue weighted by molar-refractivity contribution is 0.135. The molecule has 0 saturated heterocycles. The smallest absolute Gasteiger partial charge is 0.0650 e. The Labute approximate surface area is 86.4 Å². The molecule has 76 valence electrons. The summed E-state index contributed by atoms with van der Waals surface area (Å²) in [7, 11) is 0. The van der Waals surface area contributed by atoms with E-state index in [9.17, 15) is 0 Å². The second-order valence-corrected chi connectivity index (χ2v) is 3.74. The van der Waals surface area contributed by atoms with E-state index in [-0.39, 0.29) is 0 Å². The van der Waals surface area contributed by atoms with Gasteiger partial charge in [-0.15, -0.1) is 0 Å². The summed E-state index contributed by atoms with van der Waals surface area (Å²) in [5.74, 6) is 0.611. The molecule has 0 aliphatic heterocycles. The molecule has 0 atom stereocenters. The van der Waals surface area contributed by atoms with Gasteiger partial charge in [0, 0.05) is 6.61 Å². The number of benzene rings is 1. The molecule has 1 rings (SSSR count). The Morgan fingerprint density at radius 3 is 2.57 bits per heavy atom. The highest BCUT2D eigenvalue weighted by atomic mass is 16.5. The van der Waals surface area contributed by atoms with Crippen molar-refractivity contribution in [3.05, 3.63) is 42.0 Å². The maximum Gasteiger partial charge on any atom is 0.0650 e. The summed E-state index contributed by atoms with van der Waals surface area (Å²) in [5.41, 5.74) is 1.22. The molecule has 0 saturated carbocycles. The van der Waals surface area contributed by atoms with E-state index in [1.165, 1.54) is 5.56 Å². The van der Waals surface area contributed by atoms with E-state index in [0.717, 1.165) is 6.61 Å². The molecule has 0 unspecified atom stereocenters. The van der Waals surface area contributed by atoms with Gasteiger partial charge < -0.3 is 4.74 Å². The molecular weight excluding hydrogens is 172 g/mol. The average molecular weight is 190 g/mol. The molecule has 0 bridgehead atoms. The van der Waals surface area contributed by atoms with Crippen molar-refractivity contribution in [2.24, 2.45) is 5.92 Å². The molecule has 0 aliphatic rings. The van der Waals surface area contributed by atoms with E-state index in [1.54, 1.807) is 0 Å². The lowest BCUT2D eigenvalue weighted by Crippen LogP contribution is -2.01.